The molecule has 1 aromatic carbocycles. The third-order valence-corrected chi connectivity index (χ3v) is 6.39. The van der Waals surface area contributed by atoms with Crippen molar-refractivity contribution < 1.29 is 22.8 Å². The van der Waals surface area contributed by atoms with E-state index in [0.29, 0.717) is 17.8 Å². The Morgan fingerprint density at radius 1 is 1.07 bits per heavy atom. The second-order valence-electron chi connectivity index (χ2n) is 7.31. The van der Waals surface area contributed by atoms with Crippen molar-refractivity contribution in [2.24, 2.45) is 5.41 Å². The summed E-state index contributed by atoms with van der Waals surface area (Å²) in [6, 6.07) is 6.11. The minimum Gasteiger partial charge on any atom is -0.341 e. The second-order valence-corrected chi connectivity index (χ2v) is 9.54. The summed E-state index contributed by atoms with van der Waals surface area (Å²) < 4.78 is 23.3. The van der Waals surface area contributed by atoms with Crippen LogP contribution in [-0.4, -0.2) is 55.6 Å². The van der Waals surface area contributed by atoms with Crippen LogP contribution in [0.2, 0.25) is 0 Å². The van der Waals surface area contributed by atoms with Crippen molar-refractivity contribution >= 4 is 38.9 Å². The van der Waals surface area contributed by atoms with Gasteiger partial charge in [0.15, 0.2) is 9.84 Å². The number of anilines is 2. The Hall–Kier alpha value is -2.42. The van der Waals surface area contributed by atoms with Crippen molar-refractivity contribution in [3.05, 3.63) is 24.3 Å². The van der Waals surface area contributed by atoms with Crippen molar-refractivity contribution in [3.63, 3.8) is 0 Å². The maximum Gasteiger partial charge on any atom is 0.239 e. The molecule has 2 rings (SSSR count). The number of carbonyl (C=O) groups excluding carboxylic acids is 3. The maximum atomic E-state index is 12.8. The average molecular weight is 395 g/mol. The Labute approximate surface area is 159 Å². The van der Waals surface area contributed by atoms with E-state index in [-0.39, 0.29) is 17.4 Å². The monoisotopic (exact) mass is 395 g/mol. The Balaban J connectivity index is 2.05. The van der Waals surface area contributed by atoms with Crippen LogP contribution in [-0.2, 0) is 24.2 Å². The minimum absolute atomic E-state index is 0.0581. The van der Waals surface area contributed by atoms with Gasteiger partial charge < -0.3 is 15.5 Å². The van der Waals surface area contributed by atoms with Crippen LogP contribution in [0.3, 0.4) is 0 Å². The third kappa shape index (κ3) is 5.06. The number of hydrogen-bond donors (Lipinski definition) is 2. The van der Waals surface area contributed by atoms with Gasteiger partial charge >= 0.3 is 0 Å². The molecule has 0 aromatic heterocycles. The molecule has 1 aliphatic rings. The third-order valence-electron chi connectivity index (χ3n) is 4.64. The van der Waals surface area contributed by atoms with E-state index < -0.39 is 33.1 Å². The van der Waals surface area contributed by atoms with Crippen LogP contribution >= 0.6 is 0 Å². The smallest absolute Gasteiger partial charge is 0.239 e. The largest absolute Gasteiger partial charge is 0.341 e. The molecule has 1 fully saturated rings. The van der Waals surface area contributed by atoms with E-state index in [9.17, 15) is 22.8 Å². The lowest BCUT2D eigenvalue weighted by Gasteiger charge is -2.31. The number of nitrogens with one attached hydrogen (secondary N) is 2. The zero-order chi connectivity index (χ0) is 20.4. The molecule has 9 heteroatoms. The molecule has 2 N–H and O–H groups in total. The molecule has 1 aromatic rings. The van der Waals surface area contributed by atoms with E-state index in [0.717, 1.165) is 0 Å². The summed E-state index contributed by atoms with van der Waals surface area (Å²) in [7, 11) is -1.59. The van der Waals surface area contributed by atoms with Crippen LogP contribution in [0.4, 0.5) is 11.4 Å². The van der Waals surface area contributed by atoms with Crippen molar-refractivity contribution in [1.29, 1.82) is 0 Å². The molecule has 1 heterocycles. The summed E-state index contributed by atoms with van der Waals surface area (Å²) in [6.07, 6.45) is 0.382. The predicted octanol–water partition coefficient (Wildman–Crippen LogP) is 1.26. The van der Waals surface area contributed by atoms with Gasteiger partial charge in [0, 0.05) is 31.4 Å². The standard InChI is InChI=1S/C18H25N3O5S/c1-12(22)19-13-5-7-14(8-6-13)20-16(23)18(2,3)17(24)21(4)15-9-10-27(25,26)11-15/h5-8,15H,9-11H2,1-4H3,(H,19,22)(H,20,23). The molecule has 0 aliphatic carbocycles. The van der Waals surface area contributed by atoms with Gasteiger partial charge in [-0.1, -0.05) is 0 Å². The normalized spacial score (nSPS) is 18.6. The number of carbonyl (C=O) groups is 3. The first-order chi connectivity index (χ1) is 12.4. The van der Waals surface area contributed by atoms with Gasteiger partial charge in [0.1, 0.15) is 5.41 Å². The van der Waals surface area contributed by atoms with Gasteiger partial charge in [-0.2, -0.15) is 0 Å². The molecule has 0 saturated carbocycles. The number of benzene rings is 1. The first kappa shape index (κ1) is 20.9. The Morgan fingerprint density at radius 3 is 2.04 bits per heavy atom. The van der Waals surface area contributed by atoms with Crippen LogP contribution in [0.1, 0.15) is 27.2 Å². The fraction of sp³-hybridized carbons (Fsp3) is 0.500. The van der Waals surface area contributed by atoms with Gasteiger partial charge in [-0.25, -0.2) is 8.42 Å². The Bertz CT molecular complexity index is 846. The highest BCUT2D eigenvalue weighted by molar-refractivity contribution is 7.91. The van der Waals surface area contributed by atoms with Gasteiger partial charge in [0.25, 0.3) is 0 Å². The summed E-state index contributed by atoms with van der Waals surface area (Å²) >= 11 is 0. The average Bonchev–Trinajstić information content (AvgIpc) is 2.94. The van der Waals surface area contributed by atoms with Crippen LogP contribution in [0.15, 0.2) is 24.3 Å². The molecular weight excluding hydrogens is 370 g/mol. The number of nitrogens with zero attached hydrogens (tertiary/aromatic N) is 1. The number of amides is 3. The van der Waals surface area contributed by atoms with Gasteiger partial charge in [-0.15, -0.1) is 0 Å². The topological polar surface area (TPSA) is 113 Å². The van der Waals surface area contributed by atoms with E-state index in [1.54, 1.807) is 24.3 Å². The zero-order valence-corrected chi connectivity index (χ0v) is 16.7. The molecule has 0 radical (unpaired) electrons. The Morgan fingerprint density at radius 2 is 1.59 bits per heavy atom. The molecule has 148 valence electrons. The molecule has 3 amide bonds. The molecule has 0 bridgehead atoms. The molecule has 1 atom stereocenters. The quantitative estimate of drug-likeness (QED) is 0.729. The van der Waals surface area contributed by atoms with E-state index in [4.69, 9.17) is 0 Å². The lowest BCUT2D eigenvalue weighted by Crippen LogP contribution is -2.49. The van der Waals surface area contributed by atoms with Gasteiger partial charge in [0.2, 0.25) is 17.7 Å². The fourth-order valence-electron chi connectivity index (χ4n) is 2.91. The molecule has 1 saturated heterocycles. The van der Waals surface area contributed by atoms with Crippen molar-refractivity contribution in [2.45, 2.75) is 33.2 Å². The highest BCUT2D eigenvalue weighted by Gasteiger charge is 2.42. The number of sulfone groups is 1. The van der Waals surface area contributed by atoms with Crippen molar-refractivity contribution in [2.75, 3.05) is 29.2 Å². The molecule has 27 heavy (non-hydrogen) atoms. The summed E-state index contributed by atoms with van der Waals surface area (Å²) in [5.74, 6) is -1.14. The second kappa shape index (κ2) is 7.67. The first-order valence-electron chi connectivity index (χ1n) is 8.59. The van der Waals surface area contributed by atoms with E-state index >= 15 is 0 Å². The lowest BCUT2D eigenvalue weighted by molar-refractivity contribution is -0.146. The highest BCUT2D eigenvalue weighted by atomic mass is 32.2. The molecule has 1 aliphatic heterocycles. The van der Waals surface area contributed by atoms with Crippen LogP contribution in [0.25, 0.3) is 0 Å². The van der Waals surface area contributed by atoms with Gasteiger partial charge in [-0.05, 0) is 44.5 Å². The molecular formula is C18H25N3O5S. The Kier molecular flexibility index (Phi) is 5.94. The van der Waals surface area contributed by atoms with Crippen LogP contribution in [0, 0.1) is 5.41 Å². The SMILES string of the molecule is CC(=O)Nc1ccc(NC(=O)C(C)(C)C(=O)N(C)C2CCS(=O)(=O)C2)cc1. The minimum atomic E-state index is -3.13. The molecule has 0 spiro atoms. The summed E-state index contributed by atoms with van der Waals surface area (Å²) in [4.78, 5) is 37.8. The van der Waals surface area contributed by atoms with Gasteiger partial charge in [0.05, 0.1) is 11.5 Å². The van der Waals surface area contributed by atoms with Gasteiger partial charge in [-0.3, -0.25) is 14.4 Å². The van der Waals surface area contributed by atoms with Crippen molar-refractivity contribution in [1.82, 2.24) is 4.90 Å². The van der Waals surface area contributed by atoms with Crippen LogP contribution < -0.4 is 10.6 Å². The maximum absolute atomic E-state index is 12.8. The van der Waals surface area contributed by atoms with Crippen molar-refractivity contribution in [3.8, 4) is 0 Å². The lowest BCUT2D eigenvalue weighted by atomic mass is 9.89. The fourth-order valence-corrected chi connectivity index (χ4v) is 4.69. The summed E-state index contributed by atoms with van der Waals surface area (Å²) in [5.41, 5.74) is -0.281. The first-order valence-corrected chi connectivity index (χ1v) is 10.4. The highest BCUT2D eigenvalue weighted by Crippen LogP contribution is 2.26. The number of hydrogen-bond acceptors (Lipinski definition) is 5. The van der Waals surface area contributed by atoms with E-state index in [1.807, 2.05) is 0 Å². The molecule has 1 unspecified atom stereocenters. The summed E-state index contributed by atoms with van der Waals surface area (Å²) in [6.45, 7) is 4.42. The zero-order valence-electron chi connectivity index (χ0n) is 15.9. The van der Waals surface area contributed by atoms with E-state index in [1.165, 1.54) is 32.7 Å². The van der Waals surface area contributed by atoms with E-state index in [2.05, 4.69) is 10.6 Å². The molecule has 8 nitrogen and oxygen atoms in total. The summed E-state index contributed by atoms with van der Waals surface area (Å²) in [5, 5.41) is 5.31. The number of rotatable bonds is 5. The predicted molar refractivity (Wildman–Crippen MR) is 103 cm³/mol. The van der Waals surface area contributed by atoms with Crippen LogP contribution in [0.5, 0.6) is 0 Å².